The third kappa shape index (κ3) is 2.72. The first kappa shape index (κ1) is 9.36. The number of nitrogens with one attached hydrogen (secondary N) is 1. The van der Waals surface area contributed by atoms with Gasteiger partial charge in [-0.05, 0) is 18.2 Å². The Bertz CT molecular complexity index is 252. The summed E-state index contributed by atoms with van der Waals surface area (Å²) in [6.07, 6.45) is 3.57. The van der Waals surface area contributed by atoms with E-state index in [9.17, 15) is 0 Å². The number of rotatable bonds is 3. The molecule has 1 heterocycles. The quantitative estimate of drug-likeness (QED) is 0.746. The largest absolute Gasteiger partial charge is 0.463 e. The van der Waals surface area contributed by atoms with Crippen LogP contribution in [-0.4, -0.2) is 20.6 Å². The summed E-state index contributed by atoms with van der Waals surface area (Å²) >= 11 is 5.95. The Labute approximate surface area is 77.4 Å². The van der Waals surface area contributed by atoms with Crippen molar-refractivity contribution in [1.29, 1.82) is 0 Å². The molecule has 0 radical (unpaired) electrons. The fourth-order valence-electron chi connectivity index (χ4n) is 0.809. The number of halogens is 1. The molecule has 3 heteroatoms. The van der Waals surface area contributed by atoms with Gasteiger partial charge in [0.25, 0.3) is 0 Å². The molecule has 0 aliphatic heterocycles. The number of furan rings is 1. The summed E-state index contributed by atoms with van der Waals surface area (Å²) in [6, 6.07) is 3.68. The van der Waals surface area contributed by atoms with Crippen molar-refractivity contribution in [2.45, 2.75) is 0 Å². The lowest BCUT2D eigenvalue weighted by molar-refractivity contribution is -0.851. The first-order chi connectivity index (χ1) is 5.70. The molecule has 0 aromatic carbocycles. The molecule has 0 aliphatic carbocycles. The second-order valence-corrected chi connectivity index (χ2v) is 3.35. The van der Waals surface area contributed by atoms with Gasteiger partial charge in [0.05, 0.1) is 31.9 Å². The second kappa shape index (κ2) is 4.33. The summed E-state index contributed by atoms with van der Waals surface area (Å²) in [6.45, 7) is 0.902. The average Bonchev–Trinajstić information content (AvgIpc) is 2.51. The minimum absolute atomic E-state index is 0.682. The molecule has 0 aliphatic rings. The minimum atomic E-state index is 0.682. The molecule has 0 fully saturated rings. The Hall–Kier alpha value is -0.730. The van der Waals surface area contributed by atoms with E-state index in [4.69, 9.17) is 16.0 Å². The van der Waals surface area contributed by atoms with Gasteiger partial charge in [0.2, 0.25) is 0 Å². The van der Waals surface area contributed by atoms with Gasteiger partial charge in [-0.15, -0.1) is 0 Å². The van der Waals surface area contributed by atoms with E-state index in [1.807, 2.05) is 18.2 Å². The highest BCUT2D eigenvalue weighted by Gasteiger charge is 2.00. The van der Waals surface area contributed by atoms with E-state index in [2.05, 4.69) is 14.1 Å². The van der Waals surface area contributed by atoms with Crippen molar-refractivity contribution in [2.24, 2.45) is 0 Å². The Kier molecular flexibility index (Phi) is 3.38. The predicted octanol–water partition coefficient (Wildman–Crippen LogP) is 1.00. The lowest BCUT2D eigenvalue weighted by Gasteiger charge is -2.01. The number of hydrogen-bond acceptors (Lipinski definition) is 1. The molecule has 0 saturated heterocycles. The highest BCUT2D eigenvalue weighted by molar-refractivity contribution is 6.48. The maximum absolute atomic E-state index is 5.95. The van der Waals surface area contributed by atoms with Gasteiger partial charge in [-0.3, -0.25) is 0 Å². The Morgan fingerprint density at radius 2 is 2.42 bits per heavy atom. The van der Waals surface area contributed by atoms with Gasteiger partial charge in [-0.1, -0.05) is 11.6 Å². The Morgan fingerprint density at radius 1 is 1.67 bits per heavy atom. The number of quaternary nitrogens is 1. The summed E-state index contributed by atoms with van der Waals surface area (Å²) in [4.78, 5) is 1.33. The van der Waals surface area contributed by atoms with Crippen molar-refractivity contribution >= 4 is 16.6 Å². The summed E-state index contributed by atoms with van der Waals surface area (Å²) in [7, 11) is 4.14. The zero-order chi connectivity index (χ0) is 8.97. The fourth-order valence-corrected chi connectivity index (χ4v) is 0.993. The van der Waals surface area contributed by atoms with Gasteiger partial charge in [0, 0.05) is 0 Å². The maximum Gasteiger partial charge on any atom is 0.145 e. The third-order valence-electron chi connectivity index (χ3n) is 1.45. The molecule has 1 aromatic rings. The third-order valence-corrected chi connectivity index (χ3v) is 1.79. The SMILES string of the molecule is C[NH+](C)C/C=C(\Cl)c1ccco1. The zero-order valence-corrected chi connectivity index (χ0v) is 8.06. The van der Waals surface area contributed by atoms with Gasteiger partial charge in [0.1, 0.15) is 5.76 Å². The first-order valence-corrected chi connectivity index (χ1v) is 4.26. The van der Waals surface area contributed by atoms with Crippen molar-refractivity contribution < 1.29 is 9.32 Å². The fraction of sp³-hybridized carbons (Fsp3) is 0.333. The van der Waals surface area contributed by atoms with Gasteiger partial charge < -0.3 is 9.32 Å². The van der Waals surface area contributed by atoms with Crippen molar-refractivity contribution in [2.75, 3.05) is 20.6 Å². The van der Waals surface area contributed by atoms with Crippen LogP contribution in [0.5, 0.6) is 0 Å². The lowest BCUT2D eigenvalue weighted by Crippen LogP contribution is -3.05. The normalized spacial score (nSPS) is 12.5. The smallest absolute Gasteiger partial charge is 0.145 e. The van der Waals surface area contributed by atoms with Crippen LogP contribution in [-0.2, 0) is 0 Å². The van der Waals surface area contributed by atoms with Crippen LogP contribution in [0.3, 0.4) is 0 Å². The lowest BCUT2D eigenvalue weighted by atomic mass is 10.4. The van der Waals surface area contributed by atoms with Gasteiger partial charge in [0.15, 0.2) is 0 Å². The molecular formula is C9H13ClNO+. The summed E-state index contributed by atoms with van der Waals surface area (Å²) < 4.78 is 5.12. The van der Waals surface area contributed by atoms with Crippen LogP contribution in [0.1, 0.15) is 5.76 Å². The standard InChI is InChI=1S/C9H12ClNO/c1-11(2)6-5-8(10)9-4-3-7-12-9/h3-5,7H,6H2,1-2H3/p+1/b8-5-. The summed E-state index contributed by atoms with van der Waals surface area (Å²) in [5.74, 6) is 0.734. The molecule has 0 saturated carbocycles. The highest BCUT2D eigenvalue weighted by Crippen LogP contribution is 2.17. The van der Waals surface area contributed by atoms with E-state index in [1.165, 1.54) is 4.90 Å². The van der Waals surface area contributed by atoms with Crippen LogP contribution in [0.25, 0.3) is 5.03 Å². The Morgan fingerprint density at radius 3 is 2.92 bits per heavy atom. The van der Waals surface area contributed by atoms with E-state index in [1.54, 1.807) is 6.26 Å². The van der Waals surface area contributed by atoms with Crippen LogP contribution in [0, 0.1) is 0 Å². The van der Waals surface area contributed by atoms with Crippen molar-refractivity contribution in [3.8, 4) is 0 Å². The van der Waals surface area contributed by atoms with Crippen molar-refractivity contribution in [3.05, 3.63) is 30.2 Å². The van der Waals surface area contributed by atoms with Gasteiger partial charge >= 0.3 is 0 Å². The molecule has 0 atom stereocenters. The molecule has 12 heavy (non-hydrogen) atoms. The minimum Gasteiger partial charge on any atom is -0.463 e. The van der Waals surface area contributed by atoms with Crippen LogP contribution in [0.15, 0.2) is 28.9 Å². The predicted molar refractivity (Wildman–Crippen MR) is 50.2 cm³/mol. The monoisotopic (exact) mass is 186 g/mol. The van der Waals surface area contributed by atoms with Gasteiger partial charge in [-0.2, -0.15) is 0 Å². The van der Waals surface area contributed by atoms with Crippen LogP contribution >= 0.6 is 11.6 Å². The summed E-state index contributed by atoms with van der Waals surface area (Å²) in [5.41, 5.74) is 0. The highest BCUT2D eigenvalue weighted by atomic mass is 35.5. The Balaban J connectivity index is 2.59. The van der Waals surface area contributed by atoms with E-state index < -0.39 is 0 Å². The first-order valence-electron chi connectivity index (χ1n) is 3.88. The molecule has 1 aromatic heterocycles. The molecule has 0 bridgehead atoms. The molecule has 0 amide bonds. The van der Waals surface area contributed by atoms with Gasteiger partial charge in [-0.25, -0.2) is 0 Å². The van der Waals surface area contributed by atoms with Crippen LogP contribution in [0.4, 0.5) is 0 Å². The molecule has 66 valence electrons. The summed E-state index contributed by atoms with van der Waals surface area (Å²) in [5, 5.41) is 0.682. The molecule has 0 unspecified atom stereocenters. The molecule has 1 N–H and O–H groups in total. The maximum atomic E-state index is 5.95. The number of likely N-dealkylation sites (N-methyl/N-ethyl adjacent to an activating group) is 1. The molecule has 2 nitrogen and oxygen atoms in total. The van der Waals surface area contributed by atoms with Crippen LogP contribution in [0.2, 0.25) is 0 Å². The van der Waals surface area contributed by atoms with E-state index in [0.717, 1.165) is 12.3 Å². The molecule has 1 rings (SSSR count). The topological polar surface area (TPSA) is 17.6 Å². The van der Waals surface area contributed by atoms with E-state index in [-0.39, 0.29) is 0 Å². The second-order valence-electron chi connectivity index (χ2n) is 2.94. The average molecular weight is 187 g/mol. The molecular weight excluding hydrogens is 174 g/mol. The van der Waals surface area contributed by atoms with Crippen LogP contribution < -0.4 is 4.90 Å². The van der Waals surface area contributed by atoms with E-state index in [0.29, 0.717) is 5.03 Å². The molecule has 0 spiro atoms. The zero-order valence-electron chi connectivity index (χ0n) is 7.30. The van der Waals surface area contributed by atoms with Crippen molar-refractivity contribution in [3.63, 3.8) is 0 Å². The number of hydrogen-bond donors (Lipinski definition) is 1. The van der Waals surface area contributed by atoms with E-state index >= 15 is 0 Å². The van der Waals surface area contributed by atoms with Crippen molar-refractivity contribution in [1.82, 2.24) is 0 Å².